The highest BCUT2D eigenvalue weighted by molar-refractivity contribution is 7.14. The molecule has 112 valence electrons. The highest BCUT2D eigenvalue weighted by Gasteiger charge is 2.43. The van der Waals surface area contributed by atoms with Gasteiger partial charge in [-0.15, -0.1) is 11.3 Å². The smallest absolute Gasteiger partial charge is 0.328 e. The zero-order valence-corrected chi connectivity index (χ0v) is 12.3. The Kier molecular flexibility index (Phi) is 3.82. The lowest BCUT2D eigenvalue weighted by Gasteiger charge is -2.36. The number of rotatable bonds is 3. The van der Waals surface area contributed by atoms with E-state index in [2.05, 4.69) is 0 Å². The van der Waals surface area contributed by atoms with Crippen molar-refractivity contribution in [2.75, 3.05) is 0 Å². The van der Waals surface area contributed by atoms with Crippen molar-refractivity contribution in [2.45, 2.75) is 43.9 Å². The van der Waals surface area contributed by atoms with Crippen molar-refractivity contribution in [1.82, 2.24) is 4.90 Å². The van der Waals surface area contributed by atoms with E-state index in [0.29, 0.717) is 17.7 Å². The van der Waals surface area contributed by atoms with Gasteiger partial charge < -0.3 is 15.1 Å². The number of carboxylic acid groups (broad SMARTS) is 1. The molecule has 2 atom stereocenters. The van der Waals surface area contributed by atoms with Crippen molar-refractivity contribution in [3.63, 3.8) is 0 Å². The number of fused-ring (bicyclic) bond motifs is 2. The quantitative estimate of drug-likeness (QED) is 0.837. The standard InChI is InChI=1S/C15H17NO4S/c17-11-7-9-1-2-10(8-11)16(9)15(20)13-5-3-12(21-13)4-6-14(18)19/h3-6,9-11,17H,1-2,7-8H2,(H,18,19). The number of carbonyl (C=O) groups is 2. The number of amides is 1. The number of nitrogens with zero attached hydrogens (tertiary/aromatic N) is 1. The highest BCUT2D eigenvalue weighted by Crippen LogP contribution is 2.37. The predicted octanol–water partition coefficient (Wildman–Crippen LogP) is 1.97. The third-order valence-electron chi connectivity index (χ3n) is 4.17. The molecular formula is C15H17NO4S. The molecule has 6 heteroatoms. The molecule has 0 aliphatic carbocycles. The van der Waals surface area contributed by atoms with E-state index < -0.39 is 5.97 Å². The van der Waals surface area contributed by atoms with Crippen LogP contribution in [0.25, 0.3) is 6.08 Å². The first-order valence-electron chi connectivity index (χ1n) is 7.06. The molecular weight excluding hydrogens is 290 g/mol. The van der Waals surface area contributed by atoms with Gasteiger partial charge in [-0.1, -0.05) is 0 Å². The van der Waals surface area contributed by atoms with Crippen molar-refractivity contribution in [2.24, 2.45) is 0 Å². The SMILES string of the molecule is O=C(O)C=Cc1ccc(C(=O)N2C3CCC2CC(O)C3)s1. The van der Waals surface area contributed by atoms with Crippen molar-refractivity contribution < 1.29 is 19.8 Å². The summed E-state index contributed by atoms with van der Waals surface area (Å²) in [6.07, 6.45) is 5.54. The van der Waals surface area contributed by atoms with Gasteiger partial charge in [0.25, 0.3) is 5.91 Å². The van der Waals surface area contributed by atoms with Gasteiger partial charge in [-0.05, 0) is 43.9 Å². The minimum atomic E-state index is -1.00. The van der Waals surface area contributed by atoms with Crippen LogP contribution in [-0.4, -0.2) is 45.2 Å². The molecule has 2 aliphatic heterocycles. The largest absolute Gasteiger partial charge is 0.478 e. The fourth-order valence-electron chi connectivity index (χ4n) is 3.32. The molecule has 0 spiro atoms. The molecule has 21 heavy (non-hydrogen) atoms. The molecule has 0 radical (unpaired) electrons. The number of aliphatic hydroxyl groups excluding tert-OH is 1. The summed E-state index contributed by atoms with van der Waals surface area (Å²) < 4.78 is 0. The van der Waals surface area contributed by atoms with Gasteiger partial charge >= 0.3 is 5.97 Å². The van der Waals surface area contributed by atoms with Gasteiger partial charge in [-0.2, -0.15) is 0 Å². The second-order valence-electron chi connectivity index (χ2n) is 5.60. The molecule has 3 rings (SSSR count). The first-order chi connectivity index (χ1) is 10.0. The zero-order chi connectivity index (χ0) is 15.0. The van der Waals surface area contributed by atoms with Crippen molar-refractivity contribution in [1.29, 1.82) is 0 Å². The summed E-state index contributed by atoms with van der Waals surface area (Å²) in [5.41, 5.74) is 0. The first kappa shape index (κ1) is 14.3. The van der Waals surface area contributed by atoms with Gasteiger partial charge in [0, 0.05) is 23.0 Å². The molecule has 3 heterocycles. The molecule has 2 N–H and O–H groups in total. The Morgan fingerprint density at radius 3 is 2.52 bits per heavy atom. The minimum Gasteiger partial charge on any atom is -0.478 e. The van der Waals surface area contributed by atoms with E-state index in [1.54, 1.807) is 12.1 Å². The van der Waals surface area contributed by atoms with Gasteiger partial charge in [0.1, 0.15) is 0 Å². The maximum absolute atomic E-state index is 12.6. The van der Waals surface area contributed by atoms with Crippen LogP contribution in [-0.2, 0) is 4.79 Å². The Hall–Kier alpha value is -1.66. The fourth-order valence-corrected chi connectivity index (χ4v) is 4.17. The summed E-state index contributed by atoms with van der Waals surface area (Å²) >= 11 is 1.31. The summed E-state index contributed by atoms with van der Waals surface area (Å²) in [6.45, 7) is 0. The molecule has 2 aliphatic rings. The van der Waals surface area contributed by atoms with Crippen LogP contribution in [0.2, 0.25) is 0 Å². The van der Waals surface area contributed by atoms with Crippen molar-refractivity contribution in [3.8, 4) is 0 Å². The van der Waals surface area contributed by atoms with Crippen LogP contribution in [0.15, 0.2) is 18.2 Å². The first-order valence-corrected chi connectivity index (χ1v) is 7.88. The highest BCUT2D eigenvalue weighted by atomic mass is 32.1. The van der Waals surface area contributed by atoms with E-state index in [9.17, 15) is 14.7 Å². The number of carbonyl (C=O) groups excluding carboxylic acids is 1. The Bertz CT molecular complexity index is 580. The fraction of sp³-hybridized carbons (Fsp3) is 0.467. The monoisotopic (exact) mass is 307 g/mol. The molecule has 1 aromatic rings. The lowest BCUT2D eigenvalue weighted by Crippen LogP contribution is -2.47. The maximum Gasteiger partial charge on any atom is 0.328 e. The van der Waals surface area contributed by atoms with Gasteiger partial charge in [0.2, 0.25) is 0 Å². The predicted molar refractivity (Wildman–Crippen MR) is 79.2 cm³/mol. The van der Waals surface area contributed by atoms with E-state index in [0.717, 1.165) is 23.8 Å². The lowest BCUT2D eigenvalue weighted by atomic mass is 10.00. The summed E-state index contributed by atoms with van der Waals surface area (Å²) in [5, 5.41) is 18.4. The molecule has 2 bridgehead atoms. The van der Waals surface area contributed by atoms with Crippen LogP contribution in [0.5, 0.6) is 0 Å². The zero-order valence-electron chi connectivity index (χ0n) is 11.4. The maximum atomic E-state index is 12.6. The van der Waals surface area contributed by atoms with E-state index in [-0.39, 0.29) is 24.1 Å². The van der Waals surface area contributed by atoms with Crippen LogP contribution < -0.4 is 0 Å². The average Bonchev–Trinajstić information content (AvgIpc) is 3.00. The molecule has 1 aromatic heterocycles. The molecule has 2 unspecified atom stereocenters. The van der Waals surface area contributed by atoms with Gasteiger partial charge in [-0.25, -0.2) is 4.79 Å². The lowest BCUT2D eigenvalue weighted by molar-refractivity contribution is -0.131. The Balaban J connectivity index is 1.76. The van der Waals surface area contributed by atoms with Crippen molar-refractivity contribution in [3.05, 3.63) is 28.0 Å². The molecule has 0 saturated carbocycles. The number of thiophene rings is 1. The topological polar surface area (TPSA) is 77.8 Å². The normalized spacial score (nSPS) is 28.2. The second-order valence-corrected chi connectivity index (χ2v) is 6.71. The van der Waals surface area contributed by atoms with E-state index in [4.69, 9.17) is 5.11 Å². The second kappa shape index (κ2) is 5.61. The number of aliphatic hydroxyl groups is 1. The summed E-state index contributed by atoms with van der Waals surface area (Å²) in [5.74, 6) is -0.992. The molecule has 5 nitrogen and oxygen atoms in total. The number of hydrogen-bond donors (Lipinski definition) is 2. The Morgan fingerprint density at radius 1 is 1.24 bits per heavy atom. The van der Waals surface area contributed by atoms with Crippen LogP contribution in [0, 0.1) is 0 Å². The number of piperidine rings is 1. The van der Waals surface area contributed by atoms with Crippen LogP contribution in [0.4, 0.5) is 0 Å². The Morgan fingerprint density at radius 2 is 1.90 bits per heavy atom. The average molecular weight is 307 g/mol. The van der Waals surface area contributed by atoms with Gasteiger partial charge in [0.05, 0.1) is 11.0 Å². The molecule has 2 saturated heterocycles. The summed E-state index contributed by atoms with van der Waals surface area (Å²) in [6, 6.07) is 3.80. The van der Waals surface area contributed by atoms with Crippen LogP contribution in [0.3, 0.4) is 0 Å². The molecule has 0 aromatic carbocycles. The number of carboxylic acids is 1. The molecule has 1 amide bonds. The molecule has 2 fully saturated rings. The summed E-state index contributed by atoms with van der Waals surface area (Å²) in [7, 11) is 0. The van der Waals surface area contributed by atoms with Crippen LogP contribution >= 0.6 is 11.3 Å². The third kappa shape index (κ3) is 2.87. The van der Waals surface area contributed by atoms with Gasteiger partial charge in [0.15, 0.2) is 0 Å². The number of aliphatic carboxylic acids is 1. The van der Waals surface area contributed by atoms with E-state index in [1.807, 2.05) is 4.90 Å². The van der Waals surface area contributed by atoms with Crippen molar-refractivity contribution >= 4 is 29.3 Å². The Labute approximate surface area is 126 Å². The third-order valence-corrected chi connectivity index (χ3v) is 5.21. The summed E-state index contributed by atoms with van der Waals surface area (Å²) in [4.78, 5) is 26.4. The minimum absolute atomic E-state index is 0.00868. The van der Waals surface area contributed by atoms with Crippen LogP contribution in [0.1, 0.15) is 40.2 Å². The van der Waals surface area contributed by atoms with E-state index in [1.165, 1.54) is 17.4 Å². The van der Waals surface area contributed by atoms with Gasteiger partial charge in [-0.3, -0.25) is 4.79 Å². The number of hydrogen-bond acceptors (Lipinski definition) is 4. The van der Waals surface area contributed by atoms with E-state index >= 15 is 0 Å².